The lowest BCUT2D eigenvalue weighted by Gasteiger charge is -2.17. The molecule has 0 saturated heterocycles. The molecule has 2 atom stereocenters. The number of hydrogen-bond acceptors (Lipinski definition) is 4. The zero-order chi connectivity index (χ0) is 15.0. The number of aliphatic hydroxyl groups is 1. The second-order valence-corrected chi connectivity index (χ2v) is 4.62. The highest BCUT2D eigenvalue weighted by molar-refractivity contribution is 5.79. The highest BCUT2D eigenvalue weighted by atomic mass is 16.5. The molecular weight excluding hydrogens is 262 g/mol. The van der Waals surface area contributed by atoms with E-state index in [0.717, 1.165) is 5.56 Å². The lowest BCUT2D eigenvalue weighted by atomic mass is 10.0. The van der Waals surface area contributed by atoms with Crippen LogP contribution in [0, 0.1) is 5.92 Å². The predicted molar refractivity (Wildman–Crippen MR) is 72.1 cm³/mol. The molecule has 2 unspecified atom stereocenters. The molecule has 0 fully saturated rings. The van der Waals surface area contributed by atoms with Crippen LogP contribution in [-0.4, -0.2) is 34.9 Å². The maximum Gasteiger partial charge on any atom is 0.408 e. The smallest absolute Gasteiger partial charge is 0.408 e. The van der Waals surface area contributed by atoms with Gasteiger partial charge < -0.3 is 20.3 Å². The third-order valence-corrected chi connectivity index (χ3v) is 2.75. The van der Waals surface area contributed by atoms with E-state index >= 15 is 0 Å². The number of aliphatic hydroxyl groups excluding tert-OH is 1. The van der Waals surface area contributed by atoms with Crippen LogP contribution in [-0.2, 0) is 16.1 Å². The molecule has 0 aliphatic heterocycles. The SMILES string of the molecule is CC(CO)CC(NC(=O)OCc1ccccc1)C(=O)O. The number of nitrogens with one attached hydrogen (secondary N) is 1. The average Bonchev–Trinajstić information content (AvgIpc) is 2.45. The number of amides is 1. The van der Waals surface area contributed by atoms with Crippen molar-refractivity contribution in [2.24, 2.45) is 5.92 Å². The van der Waals surface area contributed by atoms with Gasteiger partial charge in [0.2, 0.25) is 0 Å². The molecule has 0 saturated carbocycles. The van der Waals surface area contributed by atoms with Crippen molar-refractivity contribution in [3.63, 3.8) is 0 Å². The zero-order valence-electron chi connectivity index (χ0n) is 11.3. The number of carboxylic acid groups (broad SMARTS) is 1. The van der Waals surface area contributed by atoms with E-state index in [0.29, 0.717) is 0 Å². The standard InChI is InChI=1S/C14H19NO5/c1-10(8-16)7-12(13(17)18)15-14(19)20-9-11-5-3-2-4-6-11/h2-6,10,12,16H,7-9H2,1H3,(H,15,19)(H,17,18). The van der Waals surface area contributed by atoms with Gasteiger partial charge in [0.1, 0.15) is 12.6 Å². The van der Waals surface area contributed by atoms with E-state index in [1.807, 2.05) is 18.2 Å². The molecule has 6 heteroatoms. The van der Waals surface area contributed by atoms with Gasteiger partial charge in [-0.2, -0.15) is 0 Å². The van der Waals surface area contributed by atoms with Crippen LogP contribution in [0.2, 0.25) is 0 Å². The molecule has 0 spiro atoms. The monoisotopic (exact) mass is 281 g/mol. The fourth-order valence-electron chi connectivity index (χ4n) is 1.61. The third kappa shape index (κ3) is 5.71. The molecule has 1 aromatic rings. The molecule has 0 radical (unpaired) electrons. The Labute approximate surface area is 117 Å². The molecule has 0 aliphatic rings. The van der Waals surface area contributed by atoms with Gasteiger partial charge in [0.05, 0.1) is 0 Å². The first-order valence-electron chi connectivity index (χ1n) is 6.33. The normalized spacial score (nSPS) is 13.3. The Balaban J connectivity index is 2.44. The fraction of sp³-hybridized carbons (Fsp3) is 0.429. The number of carboxylic acids is 1. The van der Waals surface area contributed by atoms with Gasteiger partial charge in [-0.15, -0.1) is 0 Å². The summed E-state index contributed by atoms with van der Waals surface area (Å²) in [6.45, 7) is 1.64. The maximum absolute atomic E-state index is 11.5. The second kappa shape index (κ2) is 8.16. The highest BCUT2D eigenvalue weighted by Crippen LogP contribution is 2.06. The van der Waals surface area contributed by atoms with Crippen LogP contribution in [0.15, 0.2) is 30.3 Å². The summed E-state index contributed by atoms with van der Waals surface area (Å²) in [7, 11) is 0. The summed E-state index contributed by atoms with van der Waals surface area (Å²) in [5.74, 6) is -1.37. The molecule has 0 aliphatic carbocycles. The van der Waals surface area contributed by atoms with Crippen LogP contribution in [0.4, 0.5) is 4.79 Å². The van der Waals surface area contributed by atoms with Gasteiger partial charge in [0, 0.05) is 6.61 Å². The minimum Gasteiger partial charge on any atom is -0.480 e. The maximum atomic E-state index is 11.5. The van der Waals surface area contributed by atoms with Crippen molar-refractivity contribution in [1.29, 1.82) is 0 Å². The topological polar surface area (TPSA) is 95.9 Å². The van der Waals surface area contributed by atoms with Crippen molar-refractivity contribution in [3.8, 4) is 0 Å². The van der Waals surface area contributed by atoms with Crippen LogP contribution < -0.4 is 5.32 Å². The highest BCUT2D eigenvalue weighted by Gasteiger charge is 2.22. The van der Waals surface area contributed by atoms with E-state index in [1.54, 1.807) is 19.1 Å². The van der Waals surface area contributed by atoms with Crippen LogP contribution in [0.1, 0.15) is 18.9 Å². The summed E-state index contributed by atoms with van der Waals surface area (Å²) >= 11 is 0. The first-order chi connectivity index (χ1) is 9.52. The molecule has 3 N–H and O–H groups in total. The number of carbonyl (C=O) groups excluding carboxylic acids is 1. The predicted octanol–water partition coefficient (Wildman–Crippen LogP) is 1.38. The summed E-state index contributed by atoms with van der Waals surface area (Å²) in [5.41, 5.74) is 0.818. The minimum atomic E-state index is -1.15. The van der Waals surface area contributed by atoms with Crippen molar-refractivity contribution in [2.75, 3.05) is 6.61 Å². The Hall–Kier alpha value is -2.08. The van der Waals surface area contributed by atoms with E-state index in [2.05, 4.69) is 5.32 Å². The summed E-state index contributed by atoms with van der Waals surface area (Å²) in [6, 6.07) is 8.02. The lowest BCUT2D eigenvalue weighted by Crippen LogP contribution is -2.42. The number of rotatable bonds is 7. The van der Waals surface area contributed by atoms with Gasteiger partial charge in [-0.3, -0.25) is 0 Å². The number of aliphatic carboxylic acids is 1. The Bertz CT molecular complexity index is 434. The Morgan fingerprint density at radius 3 is 2.50 bits per heavy atom. The van der Waals surface area contributed by atoms with Crippen molar-refractivity contribution in [3.05, 3.63) is 35.9 Å². The van der Waals surface area contributed by atoms with Crippen LogP contribution >= 0.6 is 0 Å². The fourth-order valence-corrected chi connectivity index (χ4v) is 1.61. The lowest BCUT2D eigenvalue weighted by molar-refractivity contribution is -0.139. The van der Waals surface area contributed by atoms with Gasteiger partial charge >= 0.3 is 12.1 Å². The molecule has 0 bridgehead atoms. The van der Waals surface area contributed by atoms with Crippen LogP contribution in [0.25, 0.3) is 0 Å². The van der Waals surface area contributed by atoms with Crippen LogP contribution in [0.3, 0.4) is 0 Å². The zero-order valence-corrected chi connectivity index (χ0v) is 11.3. The van der Waals surface area contributed by atoms with Gasteiger partial charge in [-0.1, -0.05) is 37.3 Å². The van der Waals surface area contributed by atoms with E-state index in [1.165, 1.54) is 0 Å². The molecule has 1 amide bonds. The quantitative estimate of drug-likeness (QED) is 0.701. The Morgan fingerprint density at radius 1 is 1.30 bits per heavy atom. The molecule has 20 heavy (non-hydrogen) atoms. The van der Waals surface area contributed by atoms with Gasteiger partial charge in [0.15, 0.2) is 0 Å². The largest absolute Gasteiger partial charge is 0.480 e. The third-order valence-electron chi connectivity index (χ3n) is 2.75. The second-order valence-electron chi connectivity index (χ2n) is 4.62. The van der Waals surface area contributed by atoms with E-state index in [4.69, 9.17) is 14.9 Å². The molecule has 110 valence electrons. The summed E-state index contributed by atoms with van der Waals surface area (Å²) in [5, 5.41) is 20.2. The van der Waals surface area contributed by atoms with Crippen molar-refractivity contribution in [2.45, 2.75) is 26.0 Å². The molecular formula is C14H19NO5. The summed E-state index contributed by atoms with van der Waals surface area (Å²) in [4.78, 5) is 22.6. The molecule has 6 nitrogen and oxygen atoms in total. The number of carbonyl (C=O) groups is 2. The number of ether oxygens (including phenoxy) is 1. The summed E-state index contributed by atoms with van der Waals surface area (Å²) in [6.07, 6.45) is -0.641. The first kappa shape index (κ1) is 16.0. The van der Waals surface area contributed by atoms with Gasteiger partial charge in [-0.25, -0.2) is 9.59 Å². The van der Waals surface area contributed by atoms with Crippen molar-refractivity contribution < 1.29 is 24.5 Å². The van der Waals surface area contributed by atoms with Crippen molar-refractivity contribution in [1.82, 2.24) is 5.32 Å². The Kier molecular flexibility index (Phi) is 6.52. The number of benzene rings is 1. The summed E-state index contributed by atoms with van der Waals surface area (Å²) < 4.78 is 4.95. The Morgan fingerprint density at radius 2 is 1.95 bits per heavy atom. The molecule has 0 aromatic heterocycles. The number of hydrogen-bond donors (Lipinski definition) is 3. The van der Waals surface area contributed by atoms with Crippen LogP contribution in [0.5, 0.6) is 0 Å². The van der Waals surface area contributed by atoms with E-state index < -0.39 is 18.1 Å². The van der Waals surface area contributed by atoms with Crippen molar-refractivity contribution >= 4 is 12.1 Å². The first-order valence-corrected chi connectivity index (χ1v) is 6.33. The molecule has 0 heterocycles. The molecule has 1 aromatic carbocycles. The molecule has 1 rings (SSSR count). The van der Waals surface area contributed by atoms with E-state index in [9.17, 15) is 9.59 Å². The van der Waals surface area contributed by atoms with Gasteiger partial charge in [0.25, 0.3) is 0 Å². The average molecular weight is 281 g/mol. The number of alkyl carbamates (subject to hydrolysis) is 1. The van der Waals surface area contributed by atoms with Gasteiger partial charge in [-0.05, 0) is 17.9 Å². The van der Waals surface area contributed by atoms with E-state index in [-0.39, 0.29) is 25.6 Å². The minimum absolute atomic E-state index is 0.0779.